The molecular formula is C19H25N3O5S. The lowest BCUT2D eigenvalue weighted by Gasteiger charge is -2.09. The summed E-state index contributed by atoms with van der Waals surface area (Å²) < 4.78 is 33.5. The minimum atomic E-state index is -3.85. The van der Waals surface area contributed by atoms with Gasteiger partial charge >= 0.3 is 5.97 Å². The first-order valence-corrected chi connectivity index (χ1v) is 10.3. The van der Waals surface area contributed by atoms with Crippen molar-refractivity contribution >= 4 is 27.6 Å². The van der Waals surface area contributed by atoms with Crippen LogP contribution in [0.15, 0.2) is 35.4 Å². The number of nitrogens with one attached hydrogen (secondary N) is 2. The predicted molar refractivity (Wildman–Crippen MR) is 106 cm³/mol. The van der Waals surface area contributed by atoms with Crippen LogP contribution in [0.3, 0.4) is 0 Å². The third-order valence-corrected chi connectivity index (χ3v) is 5.50. The van der Waals surface area contributed by atoms with Gasteiger partial charge in [0, 0.05) is 31.9 Å². The summed E-state index contributed by atoms with van der Waals surface area (Å²) in [6, 6.07) is 6.90. The lowest BCUT2D eigenvalue weighted by atomic mass is 10.1. The molecule has 0 aliphatic carbocycles. The highest BCUT2D eigenvalue weighted by Crippen LogP contribution is 2.17. The Kier molecular flexibility index (Phi) is 6.98. The van der Waals surface area contributed by atoms with Crippen molar-refractivity contribution in [3.8, 4) is 0 Å². The standard InChI is InChI=1S/C19H25N3O5S/c1-5-27-19(24)17-11-15(12-22(17)4)28(25,26)20-9-8-18(23)21-16-7-6-13(2)10-14(16)3/h6-7,10-12,20H,5,8-9H2,1-4H3,(H,21,23). The molecule has 152 valence electrons. The number of hydrogen-bond donors (Lipinski definition) is 2. The van der Waals surface area contributed by atoms with Crippen molar-refractivity contribution in [2.75, 3.05) is 18.5 Å². The molecule has 0 unspecified atom stereocenters. The summed E-state index contributed by atoms with van der Waals surface area (Å²) in [5, 5.41) is 2.77. The number of rotatable bonds is 8. The summed E-state index contributed by atoms with van der Waals surface area (Å²) in [5.74, 6) is -0.894. The van der Waals surface area contributed by atoms with Crippen LogP contribution in [0.1, 0.15) is 35.0 Å². The van der Waals surface area contributed by atoms with E-state index in [4.69, 9.17) is 4.74 Å². The molecular weight excluding hydrogens is 382 g/mol. The summed E-state index contributed by atoms with van der Waals surface area (Å²) in [6.07, 6.45) is 1.30. The predicted octanol–water partition coefficient (Wildman–Crippen LogP) is 2.13. The van der Waals surface area contributed by atoms with E-state index < -0.39 is 16.0 Å². The number of nitrogens with zero attached hydrogens (tertiary/aromatic N) is 1. The van der Waals surface area contributed by atoms with Crippen molar-refractivity contribution in [3.63, 3.8) is 0 Å². The zero-order valence-corrected chi connectivity index (χ0v) is 17.2. The van der Waals surface area contributed by atoms with Gasteiger partial charge in [-0.05, 0) is 38.5 Å². The highest BCUT2D eigenvalue weighted by atomic mass is 32.2. The van der Waals surface area contributed by atoms with Crippen LogP contribution in [0.5, 0.6) is 0 Å². The largest absolute Gasteiger partial charge is 0.461 e. The number of carbonyl (C=O) groups is 2. The number of aryl methyl sites for hydroxylation is 3. The van der Waals surface area contributed by atoms with E-state index in [0.29, 0.717) is 5.69 Å². The Bertz CT molecular complexity index is 979. The van der Waals surface area contributed by atoms with E-state index in [9.17, 15) is 18.0 Å². The van der Waals surface area contributed by atoms with Crippen LogP contribution in [0, 0.1) is 13.8 Å². The summed E-state index contributed by atoms with van der Waals surface area (Å²) in [5.41, 5.74) is 2.86. The molecule has 2 rings (SSSR count). The van der Waals surface area contributed by atoms with Gasteiger partial charge < -0.3 is 14.6 Å². The van der Waals surface area contributed by atoms with Gasteiger partial charge in [0.1, 0.15) is 10.6 Å². The number of aromatic nitrogens is 1. The van der Waals surface area contributed by atoms with Crippen molar-refractivity contribution in [2.24, 2.45) is 7.05 Å². The zero-order chi connectivity index (χ0) is 20.9. The second kappa shape index (κ2) is 9.03. The van der Waals surface area contributed by atoms with E-state index in [1.807, 2.05) is 32.0 Å². The number of esters is 1. The van der Waals surface area contributed by atoms with Crippen LogP contribution in [0.2, 0.25) is 0 Å². The van der Waals surface area contributed by atoms with Crippen LogP contribution < -0.4 is 10.0 Å². The Morgan fingerprint density at radius 1 is 1.18 bits per heavy atom. The van der Waals surface area contributed by atoms with Gasteiger partial charge in [0.15, 0.2) is 0 Å². The number of anilines is 1. The van der Waals surface area contributed by atoms with Crippen LogP contribution in [-0.2, 0) is 26.6 Å². The Morgan fingerprint density at radius 2 is 1.89 bits per heavy atom. The van der Waals surface area contributed by atoms with E-state index in [-0.39, 0.29) is 36.1 Å². The van der Waals surface area contributed by atoms with Gasteiger partial charge in [0.05, 0.1) is 6.61 Å². The van der Waals surface area contributed by atoms with Crippen LogP contribution in [-0.4, -0.2) is 38.0 Å². The van der Waals surface area contributed by atoms with Gasteiger partial charge in [-0.15, -0.1) is 0 Å². The molecule has 2 aromatic rings. The maximum atomic E-state index is 12.4. The molecule has 1 heterocycles. The smallest absolute Gasteiger partial charge is 0.354 e. The molecule has 1 amide bonds. The lowest BCUT2D eigenvalue weighted by Crippen LogP contribution is -2.27. The first kappa shape index (κ1) is 21.6. The molecule has 0 fully saturated rings. The van der Waals surface area contributed by atoms with E-state index in [0.717, 1.165) is 11.1 Å². The minimum absolute atomic E-state index is 0.0237. The second-order valence-corrected chi connectivity index (χ2v) is 8.17. The molecule has 0 aliphatic heterocycles. The van der Waals surface area contributed by atoms with Crippen molar-refractivity contribution in [1.82, 2.24) is 9.29 Å². The monoisotopic (exact) mass is 407 g/mol. The highest BCUT2D eigenvalue weighted by Gasteiger charge is 2.21. The number of carbonyl (C=O) groups excluding carboxylic acids is 2. The molecule has 9 heteroatoms. The van der Waals surface area contributed by atoms with Crippen LogP contribution in [0.25, 0.3) is 0 Å². The summed E-state index contributed by atoms with van der Waals surface area (Å²) in [4.78, 5) is 23.8. The first-order chi connectivity index (χ1) is 13.1. The first-order valence-electron chi connectivity index (χ1n) is 8.84. The molecule has 0 atom stereocenters. The number of hydrogen-bond acceptors (Lipinski definition) is 5. The molecule has 0 aliphatic rings. The number of amides is 1. The van der Waals surface area contributed by atoms with Gasteiger partial charge in [0.2, 0.25) is 15.9 Å². The lowest BCUT2D eigenvalue weighted by molar-refractivity contribution is -0.116. The summed E-state index contributed by atoms with van der Waals surface area (Å²) >= 11 is 0. The SMILES string of the molecule is CCOC(=O)c1cc(S(=O)(=O)NCCC(=O)Nc2ccc(C)cc2C)cn1C. The fourth-order valence-electron chi connectivity index (χ4n) is 2.64. The maximum Gasteiger partial charge on any atom is 0.354 e. The molecule has 1 aromatic carbocycles. The topological polar surface area (TPSA) is 106 Å². The normalized spacial score (nSPS) is 11.3. The molecule has 2 N–H and O–H groups in total. The molecule has 8 nitrogen and oxygen atoms in total. The Labute approximate surface area is 164 Å². The van der Waals surface area contributed by atoms with Crippen LogP contribution in [0.4, 0.5) is 5.69 Å². The van der Waals surface area contributed by atoms with Gasteiger partial charge in [-0.3, -0.25) is 4.79 Å². The third-order valence-electron chi connectivity index (χ3n) is 4.07. The second-order valence-electron chi connectivity index (χ2n) is 6.41. The Hall–Kier alpha value is -2.65. The molecule has 0 saturated heterocycles. The fraction of sp³-hybridized carbons (Fsp3) is 0.368. The zero-order valence-electron chi connectivity index (χ0n) is 16.4. The summed E-state index contributed by atoms with van der Waals surface area (Å²) in [7, 11) is -2.29. The average Bonchev–Trinajstić information content (AvgIpc) is 3.00. The number of benzene rings is 1. The Morgan fingerprint density at radius 3 is 2.54 bits per heavy atom. The Balaban J connectivity index is 1.95. The van der Waals surface area contributed by atoms with Crippen molar-refractivity contribution < 1.29 is 22.7 Å². The van der Waals surface area contributed by atoms with Crippen molar-refractivity contribution in [1.29, 1.82) is 0 Å². The van der Waals surface area contributed by atoms with E-state index in [2.05, 4.69) is 10.0 Å². The highest BCUT2D eigenvalue weighted by molar-refractivity contribution is 7.89. The molecule has 28 heavy (non-hydrogen) atoms. The summed E-state index contributed by atoms with van der Waals surface area (Å²) in [6.45, 7) is 5.65. The quantitative estimate of drug-likeness (QED) is 0.652. The van der Waals surface area contributed by atoms with Crippen molar-refractivity contribution in [2.45, 2.75) is 32.1 Å². The molecule has 0 radical (unpaired) electrons. The maximum absolute atomic E-state index is 12.4. The average molecular weight is 407 g/mol. The number of sulfonamides is 1. The number of ether oxygens (including phenoxy) is 1. The molecule has 1 aromatic heterocycles. The van der Waals surface area contributed by atoms with Gasteiger partial charge in [0.25, 0.3) is 0 Å². The molecule has 0 spiro atoms. The molecule has 0 bridgehead atoms. The van der Waals surface area contributed by atoms with E-state index >= 15 is 0 Å². The van der Waals surface area contributed by atoms with Gasteiger partial charge in [-0.1, -0.05) is 17.7 Å². The fourth-order valence-corrected chi connectivity index (χ4v) is 3.74. The third kappa shape index (κ3) is 5.43. The van der Waals surface area contributed by atoms with E-state index in [1.54, 1.807) is 14.0 Å². The minimum Gasteiger partial charge on any atom is -0.461 e. The van der Waals surface area contributed by atoms with Crippen LogP contribution >= 0.6 is 0 Å². The van der Waals surface area contributed by atoms with Gasteiger partial charge in [-0.25, -0.2) is 17.9 Å². The van der Waals surface area contributed by atoms with E-state index in [1.165, 1.54) is 16.8 Å². The molecule has 0 saturated carbocycles. The van der Waals surface area contributed by atoms with Gasteiger partial charge in [-0.2, -0.15) is 0 Å². The van der Waals surface area contributed by atoms with Crippen molar-refractivity contribution in [3.05, 3.63) is 47.3 Å².